The second-order valence-corrected chi connectivity index (χ2v) is 9.21. The van der Waals surface area contributed by atoms with Gasteiger partial charge < -0.3 is 4.74 Å². The standard InChI is InChI=1S/C21H19N3O4S2/c1-2-28-14-7-9-15(10-8-14)30(26,27)24-18-13-19(29-21-22-11-12-23-21)20(25)17-6-4-3-5-16(17)18/h3-11,13,18,24H,2,12H2,1H3. The molecular formula is C21H19N3O4S2. The Hall–Kier alpha value is -2.75. The minimum atomic E-state index is -3.83. The van der Waals surface area contributed by atoms with Gasteiger partial charge in [-0.05, 0) is 54.6 Å². The molecule has 0 spiro atoms. The fraction of sp³-hybridized carbons (Fsp3) is 0.190. The molecule has 1 aliphatic carbocycles. The van der Waals surface area contributed by atoms with E-state index in [0.29, 0.717) is 40.1 Å². The van der Waals surface area contributed by atoms with E-state index in [0.717, 1.165) is 11.8 Å². The van der Waals surface area contributed by atoms with Crippen LogP contribution in [0.2, 0.25) is 0 Å². The molecule has 0 radical (unpaired) electrons. The second-order valence-electron chi connectivity index (χ2n) is 6.49. The average Bonchev–Trinajstić information content (AvgIpc) is 3.25. The summed E-state index contributed by atoms with van der Waals surface area (Å²) in [5, 5.41) is 0.488. The highest BCUT2D eigenvalue weighted by Crippen LogP contribution is 2.35. The van der Waals surface area contributed by atoms with Crippen molar-refractivity contribution in [3.05, 3.63) is 70.6 Å². The summed E-state index contributed by atoms with van der Waals surface area (Å²) in [5.74, 6) is 0.429. The number of amidine groups is 1. The SMILES string of the molecule is CCOc1ccc(S(=O)(=O)NC2C=C(SC3=NCC=N3)C(=O)c3ccccc32)cc1. The summed E-state index contributed by atoms with van der Waals surface area (Å²) >= 11 is 1.15. The molecule has 1 atom stereocenters. The molecule has 0 aromatic heterocycles. The number of hydrogen-bond donors (Lipinski definition) is 1. The van der Waals surface area contributed by atoms with Crippen molar-refractivity contribution in [1.29, 1.82) is 0 Å². The van der Waals surface area contributed by atoms with E-state index in [4.69, 9.17) is 4.74 Å². The molecule has 2 aromatic carbocycles. The first-order chi connectivity index (χ1) is 14.5. The Labute approximate surface area is 179 Å². The summed E-state index contributed by atoms with van der Waals surface area (Å²) in [5.41, 5.74) is 1.07. The van der Waals surface area contributed by atoms with Crippen molar-refractivity contribution in [2.45, 2.75) is 17.9 Å². The molecule has 2 aliphatic rings. The fourth-order valence-corrected chi connectivity index (χ4v) is 5.18. The van der Waals surface area contributed by atoms with Crippen LogP contribution in [-0.2, 0) is 10.0 Å². The summed E-state index contributed by atoms with van der Waals surface area (Å²) in [6.07, 6.45) is 3.29. The van der Waals surface area contributed by atoms with Crippen LogP contribution < -0.4 is 9.46 Å². The maximum absolute atomic E-state index is 13.0. The van der Waals surface area contributed by atoms with Crippen molar-refractivity contribution in [2.75, 3.05) is 13.2 Å². The van der Waals surface area contributed by atoms with Crippen molar-refractivity contribution in [2.24, 2.45) is 9.98 Å². The van der Waals surface area contributed by atoms with Crippen LogP contribution in [0.25, 0.3) is 0 Å². The molecule has 1 unspecified atom stereocenters. The maximum atomic E-state index is 13.0. The zero-order valence-corrected chi connectivity index (χ0v) is 17.7. The molecule has 0 fully saturated rings. The topological polar surface area (TPSA) is 97.2 Å². The van der Waals surface area contributed by atoms with Crippen molar-refractivity contribution in [3.63, 3.8) is 0 Å². The lowest BCUT2D eigenvalue weighted by atomic mass is 9.92. The number of carbonyl (C=O) groups is 1. The van der Waals surface area contributed by atoms with E-state index in [1.54, 1.807) is 48.7 Å². The van der Waals surface area contributed by atoms with Gasteiger partial charge in [0.05, 0.1) is 29.0 Å². The van der Waals surface area contributed by atoms with Crippen LogP contribution in [0.4, 0.5) is 0 Å². The van der Waals surface area contributed by atoms with Gasteiger partial charge in [-0.15, -0.1) is 0 Å². The van der Waals surface area contributed by atoms with Gasteiger partial charge in [-0.3, -0.25) is 9.79 Å². The van der Waals surface area contributed by atoms with Gasteiger partial charge in [0.15, 0.2) is 11.0 Å². The molecule has 154 valence electrons. The summed E-state index contributed by atoms with van der Waals surface area (Å²) in [6.45, 7) is 2.84. The quantitative estimate of drug-likeness (QED) is 0.741. The molecule has 30 heavy (non-hydrogen) atoms. The predicted molar refractivity (Wildman–Crippen MR) is 118 cm³/mol. The number of fused-ring (bicyclic) bond motifs is 1. The Kier molecular flexibility index (Phi) is 5.85. The molecule has 0 amide bonds. The summed E-state index contributed by atoms with van der Waals surface area (Å²) in [7, 11) is -3.83. The number of Topliss-reactive ketones (excluding diaryl/α,β-unsaturated/α-hetero) is 1. The predicted octanol–water partition coefficient (Wildman–Crippen LogP) is 3.36. The summed E-state index contributed by atoms with van der Waals surface area (Å²) in [4.78, 5) is 21.7. The van der Waals surface area contributed by atoms with Gasteiger partial charge in [0, 0.05) is 11.8 Å². The molecule has 2 aromatic rings. The number of carbonyl (C=O) groups excluding carboxylic acids is 1. The third-order valence-electron chi connectivity index (χ3n) is 4.52. The molecular weight excluding hydrogens is 422 g/mol. The van der Waals surface area contributed by atoms with E-state index in [9.17, 15) is 13.2 Å². The first-order valence-electron chi connectivity index (χ1n) is 9.33. The van der Waals surface area contributed by atoms with Crippen LogP contribution >= 0.6 is 11.8 Å². The van der Waals surface area contributed by atoms with Gasteiger partial charge in [0.1, 0.15) is 5.75 Å². The molecule has 0 saturated carbocycles. The van der Waals surface area contributed by atoms with E-state index in [2.05, 4.69) is 14.7 Å². The lowest BCUT2D eigenvalue weighted by Gasteiger charge is -2.24. The Morgan fingerprint density at radius 2 is 1.93 bits per heavy atom. The van der Waals surface area contributed by atoms with Gasteiger partial charge in [0.2, 0.25) is 10.0 Å². The van der Waals surface area contributed by atoms with E-state index in [1.807, 2.05) is 6.92 Å². The highest BCUT2D eigenvalue weighted by atomic mass is 32.2. The van der Waals surface area contributed by atoms with E-state index in [1.165, 1.54) is 12.1 Å². The normalized spacial score (nSPS) is 18.0. The number of sulfonamides is 1. The number of nitrogens with zero attached hydrogens (tertiary/aromatic N) is 2. The van der Waals surface area contributed by atoms with Gasteiger partial charge in [-0.2, -0.15) is 4.72 Å². The highest BCUT2D eigenvalue weighted by molar-refractivity contribution is 8.18. The van der Waals surface area contributed by atoms with Crippen molar-refractivity contribution < 1.29 is 17.9 Å². The van der Waals surface area contributed by atoms with E-state index >= 15 is 0 Å². The maximum Gasteiger partial charge on any atom is 0.241 e. The number of ketones is 1. The first kappa shape index (κ1) is 20.5. The molecule has 1 N–H and O–H groups in total. The molecule has 0 bridgehead atoms. The summed E-state index contributed by atoms with van der Waals surface area (Å²) in [6, 6.07) is 12.5. The number of ether oxygens (including phenoxy) is 1. The molecule has 0 saturated heterocycles. The molecule has 4 rings (SSSR count). The highest BCUT2D eigenvalue weighted by Gasteiger charge is 2.31. The molecule has 7 nitrogen and oxygen atoms in total. The average molecular weight is 442 g/mol. The number of benzene rings is 2. The largest absolute Gasteiger partial charge is 0.494 e. The number of nitrogens with one attached hydrogen (secondary N) is 1. The Balaban J connectivity index is 1.65. The minimum Gasteiger partial charge on any atom is -0.494 e. The molecule has 1 heterocycles. The van der Waals surface area contributed by atoms with Gasteiger partial charge in [0.25, 0.3) is 0 Å². The van der Waals surface area contributed by atoms with Crippen LogP contribution in [0.1, 0.15) is 28.9 Å². The van der Waals surface area contributed by atoms with Crippen molar-refractivity contribution in [1.82, 2.24) is 4.72 Å². The van der Waals surface area contributed by atoms with E-state index < -0.39 is 16.1 Å². The van der Waals surface area contributed by atoms with Gasteiger partial charge in [-0.25, -0.2) is 13.4 Å². The Morgan fingerprint density at radius 3 is 2.63 bits per heavy atom. The lowest BCUT2D eigenvalue weighted by molar-refractivity contribution is 0.103. The monoisotopic (exact) mass is 441 g/mol. The number of aliphatic imine (C=N–C) groups is 2. The molecule has 9 heteroatoms. The van der Waals surface area contributed by atoms with Crippen molar-refractivity contribution >= 4 is 39.0 Å². The smallest absolute Gasteiger partial charge is 0.241 e. The third kappa shape index (κ3) is 4.23. The number of thioether (sulfide) groups is 1. The van der Waals surface area contributed by atoms with Gasteiger partial charge >= 0.3 is 0 Å². The lowest BCUT2D eigenvalue weighted by Crippen LogP contribution is -2.31. The van der Waals surface area contributed by atoms with Crippen LogP contribution in [0.5, 0.6) is 5.75 Å². The first-order valence-corrected chi connectivity index (χ1v) is 11.6. The molecule has 1 aliphatic heterocycles. The third-order valence-corrected chi connectivity index (χ3v) is 6.94. The van der Waals surface area contributed by atoms with Gasteiger partial charge in [-0.1, -0.05) is 24.3 Å². The van der Waals surface area contributed by atoms with Crippen molar-refractivity contribution in [3.8, 4) is 5.75 Å². The zero-order valence-electron chi connectivity index (χ0n) is 16.1. The minimum absolute atomic E-state index is 0.118. The Bertz CT molecular complexity index is 1170. The van der Waals surface area contributed by atoms with E-state index in [-0.39, 0.29) is 10.7 Å². The number of rotatable bonds is 6. The number of hydrogen-bond acceptors (Lipinski definition) is 7. The van der Waals surface area contributed by atoms with Crippen LogP contribution in [0, 0.1) is 0 Å². The second kappa shape index (κ2) is 8.55. The zero-order chi connectivity index (χ0) is 21.1. The fourth-order valence-electron chi connectivity index (χ4n) is 3.15. The van der Waals surface area contributed by atoms with Crippen LogP contribution in [-0.4, -0.2) is 38.7 Å². The van der Waals surface area contributed by atoms with Crippen LogP contribution in [0.3, 0.4) is 0 Å². The Morgan fingerprint density at radius 1 is 1.17 bits per heavy atom. The summed E-state index contributed by atoms with van der Waals surface area (Å²) < 4.78 is 34.1. The van der Waals surface area contributed by atoms with Crippen LogP contribution in [0.15, 0.2) is 74.4 Å². The number of allylic oxidation sites excluding steroid dienone is 1.